The van der Waals surface area contributed by atoms with E-state index in [4.69, 9.17) is 0 Å². The Labute approximate surface area is 143 Å². The largest absolute Gasteiger partial charge is 0.342 e. The molecule has 1 fully saturated rings. The summed E-state index contributed by atoms with van der Waals surface area (Å²) in [5.74, 6) is -0.585. The molecular weight excluding hydrogens is 327 g/mol. The zero-order chi connectivity index (χ0) is 17.8. The van der Waals surface area contributed by atoms with E-state index in [2.05, 4.69) is 5.10 Å². The molecule has 0 N–H and O–H groups in total. The normalized spacial score (nSPS) is 14.4. The van der Waals surface area contributed by atoms with Gasteiger partial charge in [-0.2, -0.15) is 5.10 Å². The molecule has 2 amide bonds. The maximum absolute atomic E-state index is 13.0. The molecule has 1 aromatic heterocycles. The number of amides is 2. The van der Waals surface area contributed by atoms with Crippen LogP contribution in [0.15, 0.2) is 41.2 Å². The van der Waals surface area contributed by atoms with Gasteiger partial charge in [0.15, 0.2) is 0 Å². The van der Waals surface area contributed by atoms with Crippen LogP contribution in [-0.4, -0.2) is 58.1 Å². The lowest BCUT2D eigenvalue weighted by molar-refractivity contribution is -0.135. The molecule has 2 aromatic rings. The minimum atomic E-state index is -0.384. The van der Waals surface area contributed by atoms with Gasteiger partial charge in [-0.3, -0.25) is 14.4 Å². The lowest BCUT2D eigenvalue weighted by Gasteiger charge is -2.32. The monoisotopic (exact) mass is 344 g/mol. The van der Waals surface area contributed by atoms with Gasteiger partial charge in [0, 0.05) is 37.8 Å². The number of halogens is 1. The van der Waals surface area contributed by atoms with Crippen LogP contribution in [0.5, 0.6) is 0 Å². The molecule has 0 bridgehead atoms. The van der Waals surface area contributed by atoms with E-state index in [0.717, 1.165) is 11.1 Å². The summed E-state index contributed by atoms with van der Waals surface area (Å²) in [5, 5.41) is 4.21. The molecule has 1 saturated heterocycles. The van der Waals surface area contributed by atoms with Crippen molar-refractivity contribution < 1.29 is 14.0 Å². The molecule has 3 rings (SSSR count). The number of piperazine rings is 1. The smallest absolute Gasteiger partial charge is 0.267 e. The molecule has 0 radical (unpaired) electrons. The van der Waals surface area contributed by atoms with E-state index in [9.17, 15) is 18.8 Å². The van der Waals surface area contributed by atoms with Crippen molar-refractivity contribution in [3.05, 3.63) is 52.6 Å². The van der Waals surface area contributed by atoms with Crippen LogP contribution in [0.2, 0.25) is 0 Å². The molecule has 130 valence electrons. The van der Waals surface area contributed by atoms with Gasteiger partial charge in [0.25, 0.3) is 5.56 Å². The molecule has 0 atom stereocenters. The molecule has 1 aromatic carbocycles. The zero-order valence-electron chi connectivity index (χ0n) is 13.5. The number of nitrogens with zero attached hydrogens (tertiary/aromatic N) is 4. The van der Waals surface area contributed by atoms with Crippen molar-refractivity contribution in [1.29, 1.82) is 0 Å². The van der Waals surface area contributed by atoms with Crippen LogP contribution in [0.3, 0.4) is 0 Å². The fraction of sp³-hybridized carbons (Fsp3) is 0.294. The number of rotatable bonds is 4. The highest BCUT2D eigenvalue weighted by Gasteiger charge is 2.21. The zero-order valence-corrected chi connectivity index (χ0v) is 13.5. The maximum atomic E-state index is 13.0. The predicted molar refractivity (Wildman–Crippen MR) is 88.1 cm³/mol. The van der Waals surface area contributed by atoms with E-state index >= 15 is 0 Å². The molecule has 0 spiro atoms. The number of benzene rings is 1. The first-order valence-corrected chi connectivity index (χ1v) is 7.88. The first-order valence-electron chi connectivity index (χ1n) is 7.88. The summed E-state index contributed by atoms with van der Waals surface area (Å²) in [4.78, 5) is 38.3. The molecule has 0 saturated carbocycles. The highest BCUT2D eigenvalue weighted by Crippen LogP contribution is 2.15. The highest BCUT2D eigenvalue weighted by molar-refractivity contribution is 5.76. The van der Waals surface area contributed by atoms with Crippen molar-refractivity contribution in [3.63, 3.8) is 0 Å². The molecule has 0 unspecified atom stereocenters. The SMILES string of the molecule is O=CN1CCN(C(=O)Cn2nc(-c3ccc(F)cc3)ccc2=O)CC1. The Morgan fingerprint density at radius 1 is 1.08 bits per heavy atom. The van der Waals surface area contributed by atoms with Crippen LogP contribution in [0.4, 0.5) is 4.39 Å². The lowest BCUT2D eigenvalue weighted by atomic mass is 10.1. The molecular formula is C17H17FN4O3. The van der Waals surface area contributed by atoms with Crippen molar-refractivity contribution in [2.45, 2.75) is 6.54 Å². The summed E-state index contributed by atoms with van der Waals surface area (Å²) in [7, 11) is 0. The van der Waals surface area contributed by atoms with Crippen LogP contribution in [-0.2, 0) is 16.1 Å². The Hall–Kier alpha value is -3.03. The number of hydrogen-bond donors (Lipinski definition) is 0. The summed E-state index contributed by atoms with van der Waals surface area (Å²) in [6.45, 7) is 1.66. The van der Waals surface area contributed by atoms with Crippen molar-refractivity contribution >= 4 is 12.3 Å². The second-order valence-corrected chi connectivity index (χ2v) is 5.74. The summed E-state index contributed by atoms with van der Waals surface area (Å²) >= 11 is 0. The van der Waals surface area contributed by atoms with Gasteiger partial charge >= 0.3 is 0 Å². The van der Waals surface area contributed by atoms with Crippen molar-refractivity contribution in [2.24, 2.45) is 0 Å². The van der Waals surface area contributed by atoms with Gasteiger partial charge in [-0.15, -0.1) is 0 Å². The first-order chi connectivity index (χ1) is 12.1. The second kappa shape index (κ2) is 7.25. The van der Waals surface area contributed by atoms with Crippen molar-refractivity contribution in [1.82, 2.24) is 19.6 Å². The summed E-state index contributed by atoms with van der Waals surface area (Å²) in [6.07, 6.45) is 0.764. The second-order valence-electron chi connectivity index (χ2n) is 5.74. The van der Waals surface area contributed by atoms with Gasteiger partial charge in [-0.05, 0) is 30.3 Å². The minimum absolute atomic E-state index is 0.172. The summed E-state index contributed by atoms with van der Waals surface area (Å²) in [6, 6.07) is 8.62. The van der Waals surface area contributed by atoms with E-state index in [1.165, 1.54) is 18.2 Å². The topological polar surface area (TPSA) is 75.5 Å². The van der Waals surface area contributed by atoms with Crippen LogP contribution < -0.4 is 5.56 Å². The third-order valence-electron chi connectivity index (χ3n) is 4.11. The minimum Gasteiger partial charge on any atom is -0.342 e. The van der Waals surface area contributed by atoms with Crippen LogP contribution in [0.1, 0.15) is 0 Å². The molecule has 0 aliphatic carbocycles. The van der Waals surface area contributed by atoms with Gasteiger partial charge in [-0.25, -0.2) is 9.07 Å². The number of aromatic nitrogens is 2. The van der Waals surface area contributed by atoms with Gasteiger partial charge in [0.1, 0.15) is 12.4 Å². The fourth-order valence-corrected chi connectivity index (χ4v) is 2.64. The molecule has 1 aliphatic rings. The van der Waals surface area contributed by atoms with Crippen molar-refractivity contribution in [2.75, 3.05) is 26.2 Å². The van der Waals surface area contributed by atoms with Crippen molar-refractivity contribution in [3.8, 4) is 11.3 Å². The maximum Gasteiger partial charge on any atom is 0.267 e. The lowest BCUT2D eigenvalue weighted by Crippen LogP contribution is -2.49. The average Bonchev–Trinajstić information content (AvgIpc) is 2.64. The van der Waals surface area contributed by atoms with Crippen LogP contribution in [0.25, 0.3) is 11.3 Å². The van der Waals surface area contributed by atoms with Gasteiger partial charge in [0.05, 0.1) is 5.69 Å². The van der Waals surface area contributed by atoms with Gasteiger partial charge in [0.2, 0.25) is 12.3 Å². The molecule has 2 heterocycles. The summed E-state index contributed by atoms with van der Waals surface area (Å²) in [5.41, 5.74) is 0.756. The van der Waals surface area contributed by atoms with E-state index in [0.29, 0.717) is 37.4 Å². The standard InChI is InChI=1S/C17H17FN4O3/c18-14-3-1-13(2-4-14)15-5-6-16(24)22(19-15)11-17(25)21-9-7-20(12-23)8-10-21/h1-6,12H,7-11H2. The number of carbonyl (C=O) groups is 2. The summed E-state index contributed by atoms with van der Waals surface area (Å²) < 4.78 is 14.1. The predicted octanol–water partition coefficient (Wildman–Crippen LogP) is 0.350. The van der Waals surface area contributed by atoms with Gasteiger partial charge in [-0.1, -0.05) is 0 Å². The van der Waals surface area contributed by atoms with E-state index in [-0.39, 0.29) is 23.8 Å². The average molecular weight is 344 g/mol. The Balaban J connectivity index is 1.75. The van der Waals surface area contributed by atoms with E-state index in [1.54, 1.807) is 28.0 Å². The fourth-order valence-electron chi connectivity index (χ4n) is 2.64. The molecule has 25 heavy (non-hydrogen) atoms. The highest BCUT2D eigenvalue weighted by atomic mass is 19.1. The molecule has 8 heteroatoms. The van der Waals surface area contributed by atoms with Crippen LogP contribution in [0, 0.1) is 5.82 Å². The third-order valence-corrected chi connectivity index (χ3v) is 4.11. The van der Waals surface area contributed by atoms with Gasteiger partial charge < -0.3 is 9.80 Å². The van der Waals surface area contributed by atoms with E-state index < -0.39 is 0 Å². The Bertz CT molecular complexity index is 827. The van der Waals surface area contributed by atoms with Crippen LogP contribution >= 0.6 is 0 Å². The Kier molecular flexibility index (Phi) is 4.87. The molecule has 1 aliphatic heterocycles. The van der Waals surface area contributed by atoms with E-state index in [1.807, 2.05) is 0 Å². The first kappa shape index (κ1) is 16.8. The molecule has 7 nitrogen and oxygen atoms in total. The quantitative estimate of drug-likeness (QED) is 0.750. The Morgan fingerprint density at radius 3 is 2.40 bits per heavy atom. The number of carbonyl (C=O) groups excluding carboxylic acids is 2. The number of hydrogen-bond acceptors (Lipinski definition) is 4. The third kappa shape index (κ3) is 3.90. The Morgan fingerprint density at radius 2 is 1.76 bits per heavy atom.